The molecule has 3 aromatic rings. The molecule has 1 aromatic carbocycles. The van der Waals surface area contributed by atoms with E-state index in [0.717, 1.165) is 9.99 Å². The van der Waals surface area contributed by atoms with Crippen molar-refractivity contribution in [2.24, 2.45) is 0 Å². The number of ether oxygens (including phenoxy) is 1. The summed E-state index contributed by atoms with van der Waals surface area (Å²) in [6.45, 7) is 1.72. The van der Waals surface area contributed by atoms with Gasteiger partial charge in [-0.1, -0.05) is 12.1 Å². The van der Waals surface area contributed by atoms with Gasteiger partial charge in [0.1, 0.15) is 11.6 Å². The van der Waals surface area contributed by atoms with Crippen LogP contribution in [0.3, 0.4) is 0 Å². The second-order valence-electron chi connectivity index (χ2n) is 5.11. The molecule has 7 heteroatoms. The number of esters is 1. The summed E-state index contributed by atoms with van der Waals surface area (Å²) in [5.74, 6) is -0.325. The predicted molar refractivity (Wildman–Crippen MR) is 91.5 cm³/mol. The zero-order valence-electron chi connectivity index (χ0n) is 12.7. The third kappa shape index (κ3) is 3.86. The maximum atomic E-state index is 12.8. The third-order valence-electron chi connectivity index (χ3n) is 3.28. The van der Waals surface area contributed by atoms with Crippen LogP contribution in [0.25, 0.3) is 17.2 Å². The van der Waals surface area contributed by atoms with Crippen molar-refractivity contribution in [2.45, 2.75) is 13.0 Å². The maximum Gasteiger partial charge on any atom is 0.331 e. The van der Waals surface area contributed by atoms with E-state index in [1.54, 1.807) is 31.3 Å². The predicted octanol–water partition coefficient (Wildman–Crippen LogP) is 4.18. The number of H-pyrrole nitrogens is 1. The lowest BCUT2D eigenvalue weighted by molar-refractivity contribution is -0.142. The summed E-state index contributed by atoms with van der Waals surface area (Å²) in [6.07, 6.45) is 3.95. The van der Waals surface area contributed by atoms with Gasteiger partial charge in [0.05, 0.1) is 5.52 Å². The second kappa shape index (κ2) is 6.92. The summed E-state index contributed by atoms with van der Waals surface area (Å²) in [5, 5.41) is 0. The van der Waals surface area contributed by atoms with Gasteiger partial charge in [-0.3, -0.25) is 0 Å². The Labute approximate surface area is 145 Å². The Hall–Kier alpha value is -2.54. The number of nitrogens with zero attached hydrogens (tertiary/aromatic N) is 2. The van der Waals surface area contributed by atoms with Gasteiger partial charge in [-0.25, -0.2) is 19.2 Å². The van der Waals surface area contributed by atoms with Crippen LogP contribution in [0.15, 0.2) is 47.1 Å². The molecule has 0 bridgehead atoms. The Bertz CT molecular complexity index is 906. The zero-order chi connectivity index (χ0) is 17.1. The van der Waals surface area contributed by atoms with Crippen molar-refractivity contribution < 1.29 is 13.9 Å². The van der Waals surface area contributed by atoms with Gasteiger partial charge in [-0.2, -0.15) is 0 Å². The molecule has 0 aliphatic carbocycles. The number of aromatic amines is 1. The van der Waals surface area contributed by atoms with Crippen LogP contribution in [0.1, 0.15) is 24.4 Å². The molecular formula is C17H13BrFN3O2. The number of nitrogens with one attached hydrogen (secondary N) is 1. The van der Waals surface area contributed by atoms with Gasteiger partial charge in [0.2, 0.25) is 0 Å². The third-order valence-corrected chi connectivity index (χ3v) is 3.72. The van der Waals surface area contributed by atoms with Gasteiger partial charge < -0.3 is 9.72 Å². The minimum Gasteiger partial charge on any atom is -0.451 e. The molecule has 122 valence electrons. The molecule has 1 atom stereocenters. The lowest BCUT2D eigenvalue weighted by atomic mass is 10.2. The van der Waals surface area contributed by atoms with E-state index in [1.165, 1.54) is 18.2 Å². The SMILES string of the molecule is CC(OC(=O)C=Cc1ccc(F)cc1)c1nc2ncc(Br)cc2[nH]1. The Kier molecular flexibility index (Phi) is 4.71. The first-order chi connectivity index (χ1) is 11.5. The molecule has 24 heavy (non-hydrogen) atoms. The molecule has 0 saturated heterocycles. The van der Waals surface area contributed by atoms with Crippen LogP contribution < -0.4 is 0 Å². The Morgan fingerprint density at radius 1 is 1.38 bits per heavy atom. The quantitative estimate of drug-likeness (QED) is 0.536. The highest BCUT2D eigenvalue weighted by atomic mass is 79.9. The molecule has 5 nitrogen and oxygen atoms in total. The minimum absolute atomic E-state index is 0.325. The van der Waals surface area contributed by atoms with Crippen LogP contribution in [0.2, 0.25) is 0 Å². The van der Waals surface area contributed by atoms with Gasteiger partial charge in [0.25, 0.3) is 0 Å². The minimum atomic E-state index is -0.552. The van der Waals surface area contributed by atoms with E-state index < -0.39 is 12.1 Å². The molecule has 0 radical (unpaired) electrons. The maximum absolute atomic E-state index is 12.8. The Morgan fingerprint density at radius 2 is 2.12 bits per heavy atom. The highest BCUT2D eigenvalue weighted by molar-refractivity contribution is 9.10. The van der Waals surface area contributed by atoms with Crippen molar-refractivity contribution in [3.05, 3.63) is 64.3 Å². The molecule has 1 unspecified atom stereocenters. The highest BCUT2D eigenvalue weighted by Crippen LogP contribution is 2.20. The number of aromatic nitrogens is 3. The normalized spacial score (nSPS) is 12.6. The number of pyridine rings is 1. The molecule has 0 amide bonds. The largest absolute Gasteiger partial charge is 0.451 e. The number of carbonyl (C=O) groups excluding carboxylic acids is 1. The van der Waals surface area contributed by atoms with Crippen LogP contribution in [0, 0.1) is 5.82 Å². The van der Waals surface area contributed by atoms with E-state index in [9.17, 15) is 9.18 Å². The molecule has 2 heterocycles. The molecule has 2 aromatic heterocycles. The first kappa shape index (κ1) is 16.3. The summed E-state index contributed by atoms with van der Waals surface area (Å²) < 4.78 is 19.0. The number of benzene rings is 1. The van der Waals surface area contributed by atoms with Gasteiger partial charge in [-0.15, -0.1) is 0 Å². The number of carbonyl (C=O) groups is 1. The number of hydrogen-bond acceptors (Lipinski definition) is 4. The topological polar surface area (TPSA) is 67.9 Å². The van der Waals surface area contributed by atoms with Gasteiger partial charge >= 0.3 is 5.97 Å². The summed E-state index contributed by atoms with van der Waals surface area (Å²) in [4.78, 5) is 23.4. The van der Waals surface area contributed by atoms with E-state index >= 15 is 0 Å². The van der Waals surface area contributed by atoms with Gasteiger partial charge in [0, 0.05) is 16.7 Å². The first-order valence-corrected chi connectivity index (χ1v) is 7.96. The number of imidazole rings is 1. The first-order valence-electron chi connectivity index (χ1n) is 7.17. The van der Waals surface area contributed by atoms with Crippen LogP contribution in [-0.2, 0) is 9.53 Å². The molecule has 0 aliphatic heterocycles. The molecular weight excluding hydrogens is 377 g/mol. The molecule has 0 fully saturated rings. The highest BCUT2D eigenvalue weighted by Gasteiger charge is 2.15. The fourth-order valence-electron chi connectivity index (χ4n) is 2.09. The summed E-state index contributed by atoms with van der Waals surface area (Å²) in [5.41, 5.74) is 2.01. The molecule has 0 aliphatic rings. The van der Waals surface area contributed by atoms with Crippen molar-refractivity contribution in [3.63, 3.8) is 0 Å². The number of halogens is 2. The number of rotatable bonds is 4. The van der Waals surface area contributed by atoms with E-state index in [2.05, 4.69) is 30.9 Å². The van der Waals surface area contributed by atoms with Crippen molar-refractivity contribution in [2.75, 3.05) is 0 Å². The van der Waals surface area contributed by atoms with Crippen molar-refractivity contribution in [3.8, 4) is 0 Å². The van der Waals surface area contributed by atoms with E-state index in [0.29, 0.717) is 17.0 Å². The van der Waals surface area contributed by atoms with Crippen LogP contribution in [0.4, 0.5) is 4.39 Å². The molecule has 3 rings (SSSR count). The van der Waals surface area contributed by atoms with Crippen LogP contribution in [0.5, 0.6) is 0 Å². The van der Waals surface area contributed by atoms with E-state index in [1.807, 2.05) is 6.07 Å². The lowest BCUT2D eigenvalue weighted by Gasteiger charge is -2.08. The number of fused-ring (bicyclic) bond motifs is 1. The smallest absolute Gasteiger partial charge is 0.331 e. The van der Waals surface area contributed by atoms with Crippen LogP contribution >= 0.6 is 15.9 Å². The average molecular weight is 390 g/mol. The van der Waals surface area contributed by atoms with E-state index in [-0.39, 0.29) is 5.82 Å². The summed E-state index contributed by atoms with van der Waals surface area (Å²) >= 11 is 3.34. The molecule has 0 saturated carbocycles. The Balaban J connectivity index is 1.67. The van der Waals surface area contributed by atoms with Crippen molar-refractivity contribution in [1.82, 2.24) is 15.0 Å². The fraction of sp³-hybridized carbons (Fsp3) is 0.118. The monoisotopic (exact) mass is 389 g/mol. The molecule has 1 N–H and O–H groups in total. The average Bonchev–Trinajstić information content (AvgIpc) is 2.97. The van der Waals surface area contributed by atoms with Gasteiger partial charge in [0.15, 0.2) is 11.8 Å². The number of hydrogen-bond donors (Lipinski definition) is 1. The lowest BCUT2D eigenvalue weighted by Crippen LogP contribution is -2.07. The zero-order valence-corrected chi connectivity index (χ0v) is 14.2. The summed E-state index contributed by atoms with van der Waals surface area (Å²) in [7, 11) is 0. The van der Waals surface area contributed by atoms with Crippen molar-refractivity contribution >= 4 is 39.1 Å². The van der Waals surface area contributed by atoms with Crippen LogP contribution in [-0.4, -0.2) is 20.9 Å². The summed E-state index contributed by atoms with van der Waals surface area (Å²) in [6, 6.07) is 7.65. The van der Waals surface area contributed by atoms with E-state index in [4.69, 9.17) is 4.74 Å². The molecule has 0 spiro atoms. The Morgan fingerprint density at radius 3 is 2.88 bits per heavy atom. The van der Waals surface area contributed by atoms with Crippen molar-refractivity contribution in [1.29, 1.82) is 0 Å². The fourth-order valence-corrected chi connectivity index (χ4v) is 2.42. The second-order valence-corrected chi connectivity index (χ2v) is 6.03. The van der Waals surface area contributed by atoms with Gasteiger partial charge in [-0.05, 0) is 52.7 Å². The standard InChI is InChI=1S/C17H13BrFN3O2/c1-10(16-21-14-8-12(18)9-20-17(14)22-16)24-15(23)7-4-11-2-5-13(19)6-3-11/h2-10H,1H3,(H,20,21,22).